The molecule has 1 aliphatic rings. The van der Waals surface area contributed by atoms with Gasteiger partial charge in [0, 0.05) is 19.5 Å². The molecule has 0 radical (unpaired) electrons. The predicted octanol–water partition coefficient (Wildman–Crippen LogP) is 2.45. The quantitative estimate of drug-likeness (QED) is 0.938. The first kappa shape index (κ1) is 12.3. The van der Waals surface area contributed by atoms with E-state index in [2.05, 4.69) is 47.5 Å². The molecule has 3 heterocycles. The van der Waals surface area contributed by atoms with Crippen molar-refractivity contribution in [3.8, 4) is 0 Å². The normalized spacial score (nSPS) is 18.8. The molecule has 0 saturated heterocycles. The molecule has 96 valence electrons. The summed E-state index contributed by atoms with van der Waals surface area (Å²) in [5.74, 6) is 1.82. The van der Waals surface area contributed by atoms with Gasteiger partial charge in [0.1, 0.15) is 12.2 Å². The average molecular weight is 327 g/mol. The Kier molecular flexibility index (Phi) is 3.77. The maximum Gasteiger partial charge on any atom is 0.132 e. The Morgan fingerprint density at radius 3 is 3.33 bits per heavy atom. The average Bonchev–Trinajstić information content (AvgIpc) is 2.97. The number of fused-ring (bicyclic) bond motifs is 1. The Labute approximate surface area is 119 Å². The van der Waals surface area contributed by atoms with Gasteiger partial charge in [-0.3, -0.25) is 0 Å². The smallest absolute Gasteiger partial charge is 0.132 e. The lowest BCUT2D eigenvalue weighted by molar-refractivity contribution is 0.347. The number of nitrogens with zero attached hydrogens (tertiary/aromatic N) is 3. The zero-order valence-corrected chi connectivity index (χ0v) is 12.4. The van der Waals surface area contributed by atoms with Crippen LogP contribution in [0.1, 0.15) is 17.8 Å². The summed E-state index contributed by atoms with van der Waals surface area (Å²) >= 11 is 5.23. The number of aryl methyl sites for hydroxylation is 1. The van der Waals surface area contributed by atoms with Gasteiger partial charge in [-0.05, 0) is 51.8 Å². The van der Waals surface area contributed by atoms with E-state index in [4.69, 9.17) is 0 Å². The van der Waals surface area contributed by atoms with Crippen molar-refractivity contribution in [2.45, 2.75) is 25.9 Å². The van der Waals surface area contributed by atoms with Gasteiger partial charge < -0.3 is 9.88 Å². The fourth-order valence-corrected chi connectivity index (χ4v) is 3.56. The van der Waals surface area contributed by atoms with Crippen molar-refractivity contribution < 1.29 is 0 Å². The van der Waals surface area contributed by atoms with Crippen molar-refractivity contribution in [3.63, 3.8) is 0 Å². The van der Waals surface area contributed by atoms with E-state index < -0.39 is 0 Å². The molecule has 4 nitrogen and oxygen atoms in total. The largest absolute Gasteiger partial charge is 0.317 e. The lowest BCUT2D eigenvalue weighted by Crippen LogP contribution is -2.29. The van der Waals surface area contributed by atoms with Crippen LogP contribution in [0.2, 0.25) is 0 Å². The molecule has 1 aliphatic heterocycles. The van der Waals surface area contributed by atoms with Crippen LogP contribution >= 0.6 is 27.3 Å². The Morgan fingerprint density at radius 1 is 1.56 bits per heavy atom. The van der Waals surface area contributed by atoms with Crippen LogP contribution in [0.5, 0.6) is 0 Å². The summed E-state index contributed by atoms with van der Waals surface area (Å²) in [6, 6.07) is 2.18. The Hall–Kier alpha value is -0.720. The van der Waals surface area contributed by atoms with Gasteiger partial charge in [0.05, 0.1) is 3.79 Å². The molecule has 1 N–H and O–H groups in total. The van der Waals surface area contributed by atoms with Crippen LogP contribution in [0.15, 0.2) is 21.6 Å². The van der Waals surface area contributed by atoms with Gasteiger partial charge in [-0.25, -0.2) is 0 Å². The van der Waals surface area contributed by atoms with E-state index in [1.807, 2.05) is 6.33 Å². The van der Waals surface area contributed by atoms with Crippen LogP contribution in [0.4, 0.5) is 0 Å². The number of nitrogens with one attached hydrogen (secondary N) is 1. The van der Waals surface area contributed by atoms with Crippen LogP contribution in [-0.4, -0.2) is 21.3 Å². The number of halogens is 1. The van der Waals surface area contributed by atoms with Crippen LogP contribution in [0, 0.1) is 5.92 Å². The molecular formula is C12H15BrN4S. The minimum absolute atomic E-state index is 0.690. The molecule has 1 atom stereocenters. The molecule has 2 aromatic heterocycles. The first-order valence-electron chi connectivity index (χ1n) is 6.11. The van der Waals surface area contributed by atoms with E-state index in [1.54, 1.807) is 11.3 Å². The molecule has 0 bridgehead atoms. The highest BCUT2D eigenvalue weighted by atomic mass is 79.9. The first-order chi connectivity index (χ1) is 8.81. The van der Waals surface area contributed by atoms with E-state index in [9.17, 15) is 0 Å². The molecule has 0 amide bonds. The van der Waals surface area contributed by atoms with E-state index in [1.165, 1.54) is 15.8 Å². The highest BCUT2D eigenvalue weighted by Gasteiger charge is 2.18. The monoisotopic (exact) mass is 326 g/mol. The third kappa shape index (κ3) is 2.81. The molecule has 0 aliphatic carbocycles. The molecule has 0 aromatic carbocycles. The van der Waals surface area contributed by atoms with E-state index in [-0.39, 0.29) is 0 Å². The Balaban J connectivity index is 1.47. The lowest BCUT2D eigenvalue weighted by atomic mass is 9.99. The van der Waals surface area contributed by atoms with Gasteiger partial charge in [-0.15, -0.1) is 21.5 Å². The molecule has 3 rings (SSSR count). The number of aromatic nitrogens is 3. The van der Waals surface area contributed by atoms with Gasteiger partial charge in [0.15, 0.2) is 0 Å². The highest BCUT2D eigenvalue weighted by molar-refractivity contribution is 9.11. The van der Waals surface area contributed by atoms with Crippen molar-refractivity contribution in [2.75, 3.05) is 6.54 Å². The molecule has 2 aromatic rings. The fourth-order valence-electron chi connectivity index (χ4n) is 2.35. The second-order valence-electron chi connectivity index (χ2n) is 4.69. The van der Waals surface area contributed by atoms with Crippen molar-refractivity contribution in [3.05, 3.63) is 32.9 Å². The second kappa shape index (κ2) is 5.50. The van der Waals surface area contributed by atoms with Crippen LogP contribution in [0.3, 0.4) is 0 Å². The summed E-state index contributed by atoms with van der Waals surface area (Å²) in [5, 5.41) is 13.8. The molecule has 18 heavy (non-hydrogen) atoms. The van der Waals surface area contributed by atoms with Gasteiger partial charge in [0.2, 0.25) is 0 Å². The van der Waals surface area contributed by atoms with E-state index >= 15 is 0 Å². The number of hydrogen-bond donors (Lipinski definition) is 1. The number of thiophene rings is 1. The third-order valence-corrected chi connectivity index (χ3v) is 4.86. The Bertz CT molecular complexity index is 522. The molecule has 1 unspecified atom stereocenters. The van der Waals surface area contributed by atoms with Crippen molar-refractivity contribution >= 4 is 27.3 Å². The van der Waals surface area contributed by atoms with Crippen molar-refractivity contribution in [1.82, 2.24) is 20.1 Å². The molecule has 0 spiro atoms. The summed E-state index contributed by atoms with van der Waals surface area (Å²) in [7, 11) is 0. The SMILES string of the molecule is Brc1cc(CNCC2CCc3nncn3C2)cs1. The van der Waals surface area contributed by atoms with Gasteiger partial charge in [0.25, 0.3) is 0 Å². The van der Waals surface area contributed by atoms with Gasteiger partial charge >= 0.3 is 0 Å². The van der Waals surface area contributed by atoms with Crippen LogP contribution in [0.25, 0.3) is 0 Å². The summed E-state index contributed by atoms with van der Waals surface area (Å²) in [6.07, 6.45) is 4.10. The van der Waals surface area contributed by atoms with Crippen LogP contribution in [-0.2, 0) is 19.5 Å². The minimum Gasteiger partial charge on any atom is -0.317 e. The van der Waals surface area contributed by atoms with E-state index in [0.29, 0.717) is 5.92 Å². The molecule has 0 fully saturated rings. The zero-order valence-electron chi connectivity index (χ0n) is 9.97. The highest BCUT2D eigenvalue weighted by Crippen LogP contribution is 2.21. The number of rotatable bonds is 4. The molecule has 0 saturated carbocycles. The summed E-state index contributed by atoms with van der Waals surface area (Å²) in [5.41, 5.74) is 1.35. The maximum absolute atomic E-state index is 4.11. The second-order valence-corrected chi connectivity index (χ2v) is 6.98. The van der Waals surface area contributed by atoms with Crippen molar-refractivity contribution in [1.29, 1.82) is 0 Å². The van der Waals surface area contributed by atoms with Crippen molar-refractivity contribution in [2.24, 2.45) is 5.92 Å². The van der Waals surface area contributed by atoms with E-state index in [0.717, 1.165) is 31.9 Å². The third-order valence-electron chi connectivity index (χ3n) is 3.31. The van der Waals surface area contributed by atoms with Crippen LogP contribution < -0.4 is 5.32 Å². The standard InChI is InChI=1S/C12H15BrN4S/c13-11-3-10(7-18-11)5-14-4-9-1-2-12-16-15-8-17(12)6-9/h3,7-9,14H,1-2,4-6H2. The fraction of sp³-hybridized carbons (Fsp3) is 0.500. The zero-order chi connectivity index (χ0) is 12.4. The maximum atomic E-state index is 4.11. The Morgan fingerprint density at radius 2 is 2.50 bits per heavy atom. The summed E-state index contributed by atoms with van der Waals surface area (Å²) in [4.78, 5) is 0. The number of hydrogen-bond acceptors (Lipinski definition) is 4. The summed E-state index contributed by atoms with van der Waals surface area (Å²) in [6.45, 7) is 3.06. The topological polar surface area (TPSA) is 42.7 Å². The van der Waals surface area contributed by atoms with Gasteiger partial charge in [-0.2, -0.15) is 0 Å². The first-order valence-corrected chi connectivity index (χ1v) is 7.79. The lowest BCUT2D eigenvalue weighted by Gasteiger charge is -2.23. The molecule has 6 heteroatoms. The predicted molar refractivity (Wildman–Crippen MR) is 75.6 cm³/mol. The molecular weight excluding hydrogens is 312 g/mol. The van der Waals surface area contributed by atoms with Gasteiger partial charge in [-0.1, -0.05) is 0 Å². The summed E-state index contributed by atoms with van der Waals surface area (Å²) < 4.78 is 3.38. The minimum atomic E-state index is 0.690.